The molecule has 0 saturated carbocycles. The van der Waals surface area contributed by atoms with Crippen LogP contribution in [0.5, 0.6) is 0 Å². The van der Waals surface area contributed by atoms with E-state index in [9.17, 15) is 4.79 Å². The highest BCUT2D eigenvalue weighted by Crippen LogP contribution is 2.24. The quantitative estimate of drug-likeness (QED) is 0.797. The number of amides is 1. The molecule has 0 radical (unpaired) electrons. The third-order valence-electron chi connectivity index (χ3n) is 3.60. The van der Waals surface area contributed by atoms with E-state index >= 15 is 0 Å². The van der Waals surface area contributed by atoms with Crippen molar-refractivity contribution >= 4 is 21.8 Å². The van der Waals surface area contributed by atoms with Crippen LogP contribution in [0.25, 0.3) is 0 Å². The normalized spacial score (nSPS) is 21.2. The fourth-order valence-corrected chi connectivity index (χ4v) is 3.05. The third-order valence-corrected chi connectivity index (χ3v) is 4.34. The second kappa shape index (κ2) is 7.06. The molecule has 1 aromatic carbocycles. The maximum Gasteiger partial charge on any atom is 0.230 e. The van der Waals surface area contributed by atoms with E-state index in [1.54, 1.807) is 0 Å². The number of ether oxygens (including phenoxy) is 1. The summed E-state index contributed by atoms with van der Waals surface area (Å²) < 4.78 is 5.45. The molecule has 2 atom stereocenters. The van der Waals surface area contributed by atoms with Crippen LogP contribution < -0.4 is 0 Å². The Labute approximate surface area is 123 Å². The second-order valence-corrected chi connectivity index (χ2v) is 5.43. The van der Waals surface area contributed by atoms with Gasteiger partial charge >= 0.3 is 0 Å². The topological polar surface area (TPSA) is 29.5 Å². The van der Waals surface area contributed by atoms with Crippen molar-refractivity contribution in [2.45, 2.75) is 25.3 Å². The van der Waals surface area contributed by atoms with Gasteiger partial charge in [-0.1, -0.05) is 53.2 Å². The Kier molecular flexibility index (Phi) is 5.40. The lowest BCUT2D eigenvalue weighted by atomic mass is 9.94. The number of carbonyl (C=O) groups is 1. The van der Waals surface area contributed by atoms with Gasteiger partial charge in [0.2, 0.25) is 5.91 Å². The summed E-state index contributed by atoms with van der Waals surface area (Å²) in [6.07, 6.45) is 0.829. The Bertz CT molecular complexity index is 410. The van der Waals surface area contributed by atoms with Gasteiger partial charge in [-0.15, -0.1) is 0 Å². The predicted molar refractivity (Wildman–Crippen MR) is 79.6 cm³/mol. The van der Waals surface area contributed by atoms with Crippen molar-refractivity contribution in [3.8, 4) is 0 Å². The Morgan fingerprint density at radius 1 is 1.47 bits per heavy atom. The lowest BCUT2D eigenvalue weighted by Gasteiger charge is -2.36. The number of nitrogens with zero attached hydrogens (tertiary/aromatic N) is 1. The zero-order valence-corrected chi connectivity index (χ0v) is 12.8. The minimum atomic E-state index is -0.0409. The second-order valence-electron chi connectivity index (χ2n) is 4.79. The van der Waals surface area contributed by atoms with Crippen LogP contribution >= 0.6 is 15.9 Å². The van der Waals surface area contributed by atoms with Crippen molar-refractivity contribution in [2.75, 3.05) is 25.1 Å². The van der Waals surface area contributed by atoms with Crippen LogP contribution in [-0.2, 0) is 9.53 Å². The molecule has 1 saturated heterocycles. The zero-order chi connectivity index (χ0) is 13.7. The number of rotatable bonds is 4. The molecule has 104 valence electrons. The van der Waals surface area contributed by atoms with Gasteiger partial charge in [-0.25, -0.2) is 0 Å². The molecular weight excluding hydrogens is 306 g/mol. The van der Waals surface area contributed by atoms with Gasteiger partial charge in [0.05, 0.1) is 25.2 Å². The van der Waals surface area contributed by atoms with Crippen LogP contribution in [-0.4, -0.2) is 41.9 Å². The number of halogens is 1. The highest BCUT2D eigenvalue weighted by Gasteiger charge is 2.31. The molecule has 3 nitrogen and oxygen atoms in total. The van der Waals surface area contributed by atoms with E-state index in [0.29, 0.717) is 19.8 Å². The van der Waals surface area contributed by atoms with E-state index < -0.39 is 0 Å². The molecule has 1 aliphatic heterocycles. The fourth-order valence-electron chi connectivity index (χ4n) is 2.51. The van der Waals surface area contributed by atoms with E-state index in [0.717, 1.165) is 17.3 Å². The van der Waals surface area contributed by atoms with Gasteiger partial charge in [0.25, 0.3) is 0 Å². The highest BCUT2D eigenvalue weighted by molar-refractivity contribution is 9.09. The summed E-state index contributed by atoms with van der Waals surface area (Å²) >= 11 is 3.47. The Balaban J connectivity index is 2.16. The van der Waals surface area contributed by atoms with Crippen LogP contribution in [0, 0.1) is 0 Å². The SMILES string of the molecule is CCC(C(=O)N1CCOCC1CBr)c1ccccc1. The van der Waals surface area contributed by atoms with Crippen molar-refractivity contribution in [3.05, 3.63) is 35.9 Å². The smallest absolute Gasteiger partial charge is 0.230 e. The van der Waals surface area contributed by atoms with E-state index in [1.807, 2.05) is 35.2 Å². The first kappa shape index (κ1) is 14.5. The molecule has 0 aliphatic carbocycles. The summed E-state index contributed by atoms with van der Waals surface area (Å²) in [5, 5.41) is 0.768. The number of hydrogen-bond donors (Lipinski definition) is 0. The highest BCUT2D eigenvalue weighted by atomic mass is 79.9. The molecule has 1 heterocycles. The van der Waals surface area contributed by atoms with Crippen molar-refractivity contribution < 1.29 is 9.53 Å². The molecule has 2 rings (SSSR count). The molecule has 0 bridgehead atoms. The average Bonchev–Trinajstić information content (AvgIpc) is 2.49. The monoisotopic (exact) mass is 325 g/mol. The van der Waals surface area contributed by atoms with Crippen molar-refractivity contribution in [1.82, 2.24) is 4.90 Å². The van der Waals surface area contributed by atoms with Crippen LogP contribution in [0.4, 0.5) is 0 Å². The lowest BCUT2D eigenvalue weighted by Crippen LogP contribution is -2.51. The van der Waals surface area contributed by atoms with Gasteiger partial charge in [0, 0.05) is 11.9 Å². The summed E-state index contributed by atoms with van der Waals surface area (Å²) in [5.41, 5.74) is 1.11. The minimum Gasteiger partial charge on any atom is -0.377 e. The summed E-state index contributed by atoms with van der Waals surface area (Å²) in [7, 11) is 0. The number of carbonyl (C=O) groups excluding carboxylic acids is 1. The largest absolute Gasteiger partial charge is 0.377 e. The molecule has 4 heteroatoms. The van der Waals surface area contributed by atoms with Crippen molar-refractivity contribution in [1.29, 1.82) is 0 Å². The van der Waals surface area contributed by atoms with Gasteiger partial charge in [-0.3, -0.25) is 4.79 Å². The van der Waals surface area contributed by atoms with Crippen LogP contribution in [0.3, 0.4) is 0 Å². The first-order valence-corrected chi connectivity index (χ1v) is 7.89. The molecule has 1 amide bonds. The molecule has 1 fully saturated rings. The first-order valence-electron chi connectivity index (χ1n) is 6.77. The standard InChI is InChI=1S/C15H20BrNO2/c1-2-14(12-6-4-3-5-7-12)15(18)17-8-9-19-11-13(17)10-16/h3-7,13-14H,2,8-11H2,1H3. The molecule has 0 aromatic heterocycles. The predicted octanol–water partition coefficient (Wildman–Crippen LogP) is 2.80. The maximum absolute atomic E-state index is 12.7. The molecule has 19 heavy (non-hydrogen) atoms. The van der Waals surface area contributed by atoms with Crippen molar-refractivity contribution in [3.63, 3.8) is 0 Å². The molecular formula is C15H20BrNO2. The van der Waals surface area contributed by atoms with Gasteiger partial charge in [0.1, 0.15) is 0 Å². The molecule has 0 spiro atoms. The number of morpholine rings is 1. The third kappa shape index (κ3) is 3.37. The molecule has 1 aliphatic rings. The minimum absolute atomic E-state index is 0.0409. The maximum atomic E-state index is 12.7. The average molecular weight is 326 g/mol. The fraction of sp³-hybridized carbons (Fsp3) is 0.533. The summed E-state index contributed by atoms with van der Waals surface area (Å²) in [5.74, 6) is 0.183. The van der Waals surface area contributed by atoms with E-state index in [1.165, 1.54) is 0 Å². The van der Waals surface area contributed by atoms with Crippen LogP contribution in [0.2, 0.25) is 0 Å². The molecule has 1 aromatic rings. The lowest BCUT2D eigenvalue weighted by molar-refractivity contribution is -0.140. The van der Waals surface area contributed by atoms with Crippen molar-refractivity contribution in [2.24, 2.45) is 0 Å². The number of benzene rings is 1. The van der Waals surface area contributed by atoms with E-state index in [-0.39, 0.29) is 17.9 Å². The van der Waals surface area contributed by atoms with E-state index in [4.69, 9.17) is 4.74 Å². The van der Waals surface area contributed by atoms with Gasteiger partial charge in [0.15, 0.2) is 0 Å². The zero-order valence-electron chi connectivity index (χ0n) is 11.2. The molecule has 2 unspecified atom stereocenters. The summed E-state index contributed by atoms with van der Waals surface area (Å²) in [4.78, 5) is 14.7. The Hall–Kier alpha value is -0.870. The Morgan fingerprint density at radius 2 is 2.21 bits per heavy atom. The summed E-state index contributed by atoms with van der Waals surface area (Å²) in [6, 6.07) is 10.2. The summed E-state index contributed by atoms with van der Waals surface area (Å²) in [6.45, 7) is 4.03. The Morgan fingerprint density at radius 3 is 2.84 bits per heavy atom. The van der Waals surface area contributed by atoms with Gasteiger partial charge < -0.3 is 9.64 Å². The van der Waals surface area contributed by atoms with Crippen LogP contribution in [0.1, 0.15) is 24.8 Å². The molecule has 0 N–H and O–H groups in total. The van der Waals surface area contributed by atoms with Gasteiger partial charge in [-0.2, -0.15) is 0 Å². The first-order chi connectivity index (χ1) is 9.27. The number of hydrogen-bond acceptors (Lipinski definition) is 2. The van der Waals surface area contributed by atoms with Gasteiger partial charge in [-0.05, 0) is 12.0 Å². The number of alkyl halides is 1. The van der Waals surface area contributed by atoms with E-state index in [2.05, 4.69) is 22.9 Å². The van der Waals surface area contributed by atoms with Crippen LogP contribution in [0.15, 0.2) is 30.3 Å².